The van der Waals surface area contributed by atoms with Crippen molar-refractivity contribution in [3.63, 3.8) is 0 Å². The van der Waals surface area contributed by atoms with Gasteiger partial charge >= 0.3 is 7.60 Å². The van der Waals surface area contributed by atoms with Gasteiger partial charge in [-0.15, -0.1) is 0 Å². The molecular weight excluding hydrogens is 269 g/mol. The molecule has 0 fully saturated rings. The molecule has 7 nitrogen and oxygen atoms in total. The van der Waals surface area contributed by atoms with Crippen LogP contribution in [0.5, 0.6) is 11.6 Å². The van der Waals surface area contributed by atoms with Crippen LogP contribution in [0.25, 0.3) is 0 Å². The van der Waals surface area contributed by atoms with Gasteiger partial charge in [0.1, 0.15) is 5.75 Å². The van der Waals surface area contributed by atoms with Crippen LogP contribution in [-0.4, -0.2) is 14.9 Å². The van der Waals surface area contributed by atoms with Crippen molar-refractivity contribution in [2.75, 3.05) is 0 Å². The van der Waals surface area contributed by atoms with Crippen molar-refractivity contribution in [2.45, 2.75) is 6.92 Å². The molecule has 3 N–H and O–H groups in total. The SMILES string of the molecule is Cc1ccccc1Oc1ccnc(P(=O)(O)ON)n1. The molecule has 0 saturated carbocycles. The Bertz CT molecular complexity index is 635. The van der Waals surface area contributed by atoms with Crippen molar-refractivity contribution >= 4 is 13.2 Å². The summed E-state index contributed by atoms with van der Waals surface area (Å²) >= 11 is 0. The lowest BCUT2D eigenvalue weighted by Crippen LogP contribution is -2.17. The zero-order valence-corrected chi connectivity index (χ0v) is 10.9. The van der Waals surface area contributed by atoms with Gasteiger partial charge in [0.05, 0.1) is 0 Å². The van der Waals surface area contributed by atoms with E-state index in [2.05, 4.69) is 14.6 Å². The minimum absolute atomic E-state index is 0.130. The molecule has 1 aromatic heterocycles. The first-order chi connectivity index (χ1) is 9.03. The third-order valence-corrected chi connectivity index (χ3v) is 3.33. The fraction of sp³-hybridized carbons (Fsp3) is 0.0909. The second-order valence-corrected chi connectivity index (χ2v) is 5.34. The number of nitrogens with zero attached hydrogens (tertiary/aromatic N) is 2. The van der Waals surface area contributed by atoms with E-state index in [9.17, 15) is 9.46 Å². The summed E-state index contributed by atoms with van der Waals surface area (Å²) in [6.45, 7) is 1.87. The lowest BCUT2D eigenvalue weighted by molar-refractivity contribution is 0.276. The highest BCUT2D eigenvalue weighted by Gasteiger charge is 2.26. The van der Waals surface area contributed by atoms with Crippen LogP contribution in [0.1, 0.15) is 5.56 Å². The van der Waals surface area contributed by atoms with Crippen molar-refractivity contribution in [1.82, 2.24) is 9.97 Å². The van der Waals surface area contributed by atoms with Crippen LogP contribution in [0.3, 0.4) is 0 Å². The number of hydrogen-bond acceptors (Lipinski definition) is 6. The van der Waals surface area contributed by atoms with E-state index < -0.39 is 13.2 Å². The summed E-state index contributed by atoms with van der Waals surface area (Å²) in [4.78, 5) is 16.8. The van der Waals surface area contributed by atoms with E-state index in [4.69, 9.17) is 10.6 Å². The van der Waals surface area contributed by atoms with Gasteiger partial charge in [-0.2, -0.15) is 4.98 Å². The van der Waals surface area contributed by atoms with E-state index >= 15 is 0 Å². The normalized spacial score (nSPS) is 13.8. The van der Waals surface area contributed by atoms with Gasteiger partial charge in [-0.05, 0) is 18.6 Å². The molecule has 100 valence electrons. The maximum atomic E-state index is 11.5. The molecule has 1 unspecified atom stereocenters. The summed E-state index contributed by atoms with van der Waals surface area (Å²) in [6.07, 6.45) is 1.29. The summed E-state index contributed by atoms with van der Waals surface area (Å²) in [5.74, 6) is 5.45. The van der Waals surface area contributed by atoms with Gasteiger partial charge in [0.25, 0.3) is 0 Å². The Morgan fingerprint density at radius 3 is 2.74 bits per heavy atom. The third-order valence-electron chi connectivity index (χ3n) is 2.32. The van der Waals surface area contributed by atoms with Crippen LogP contribution in [0.15, 0.2) is 36.5 Å². The van der Waals surface area contributed by atoms with E-state index in [-0.39, 0.29) is 5.88 Å². The molecule has 0 aliphatic heterocycles. The van der Waals surface area contributed by atoms with Crippen LogP contribution in [-0.2, 0) is 9.19 Å². The zero-order valence-electron chi connectivity index (χ0n) is 10.1. The van der Waals surface area contributed by atoms with Crippen molar-refractivity contribution in [1.29, 1.82) is 0 Å². The minimum atomic E-state index is -4.19. The molecule has 19 heavy (non-hydrogen) atoms. The summed E-state index contributed by atoms with van der Waals surface area (Å²) in [5, 5.41) is 0. The molecule has 0 radical (unpaired) electrons. The average Bonchev–Trinajstić information content (AvgIpc) is 2.42. The molecule has 1 atom stereocenters. The molecular formula is C11H12N3O4P. The highest BCUT2D eigenvalue weighted by atomic mass is 31.2. The highest BCUT2D eigenvalue weighted by Crippen LogP contribution is 2.36. The lowest BCUT2D eigenvalue weighted by atomic mass is 10.2. The lowest BCUT2D eigenvalue weighted by Gasteiger charge is -2.09. The first-order valence-electron chi connectivity index (χ1n) is 5.31. The molecule has 0 aliphatic rings. The Balaban J connectivity index is 2.30. The van der Waals surface area contributed by atoms with Gasteiger partial charge in [0.2, 0.25) is 11.4 Å². The molecule has 0 saturated heterocycles. The Morgan fingerprint density at radius 2 is 2.05 bits per heavy atom. The number of hydrogen-bond donors (Lipinski definition) is 2. The minimum Gasteiger partial charge on any atom is -0.439 e. The number of rotatable bonds is 4. The highest BCUT2D eigenvalue weighted by molar-refractivity contribution is 7.60. The molecule has 1 heterocycles. The zero-order chi connectivity index (χ0) is 13.9. The van der Waals surface area contributed by atoms with Gasteiger partial charge in [-0.1, -0.05) is 18.2 Å². The third kappa shape index (κ3) is 3.15. The second kappa shape index (κ2) is 5.46. The fourth-order valence-corrected chi connectivity index (χ4v) is 1.89. The summed E-state index contributed by atoms with van der Waals surface area (Å²) in [5.41, 5.74) is 0.492. The summed E-state index contributed by atoms with van der Waals surface area (Å²) in [7, 11) is -4.19. The van der Waals surface area contributed by atoms with Crippen molar-refractivity contribution in [3.05, 3.63) is 42.1 Å². The molecule has 1 aromatic carbocycles. The number of para-hydroxylation sites is 1. The number of aromatic nitrogens is 2. The van der Waals surface area contributed by atoms with Gasteiger partial charge in [-0.25, -0.2) is 20.1 Å². The van der Waals surface area contributed by atoms with E-state index in [1.807, 2.05) is 25.1 Å². The van der Waals surface area contributed by atoms with E-state index in [1.54, 1.807) is 6.07 Å². The van der Waals surface area contributed by atoms with Gasteiger partial charge < -0.3 is 9.63 Å². The fourth-order valence-electron chi connectivity index (χ4n) is 1.36. The average molecular weight is 281 g/mol. The van der Waals surface area contributed by atoms with Crippen LogP contribution in [0, 0.1) is 6.92 Å². The summed E-state index contributed by atoms with van der Waals surface area (Å²) in [6, 6.07) is 8.78. The first kappa shape index (κ1) is 13.6. The number of aryl methyl sites for hydroxylation is 1. The van der Waals surface area contributed by atoms with E-state index in [0.29, 0.717) is 5.75 Å². The van der Waals surface area contributed by atoms with Crippen molar-refractivity contribution < 1.29 is 18.8 Å². The second-order valence-electron chi connectivity index (χ2n) is 3.69. The van der Waals surface area contributed by atoms with Crippen LogP contribution < -0.4 is 16.2 Å². The molecule has 0 spiro atoms. The molecule has 0 aliphatic carbocycles. The maximum absolute atomic E-state index is 11.5. The van der Waals surface area contributed by atoms with Gasteiger partial charge in [0, 0.05) is 12.3 Å². The topological polar surface area (TPSA) is 108 Å². The predicted octanol–water partition coefficient (Wildman–Crippen LogP) is 1.28. The predicted molar refractivity (Wildman–Crippen MR) is 68.0 cm³/mol. The Kier molecular flexibility index (Phi) is 3.92. The standard InChI is InChI=1S/C11H12N3O4P/c1-8-4-2-3-5-9(8)17-10-6-7-13-11(14-10)19(15,16)18-12/h2-7H,12H2,1H3,(H,15,16). The molecule has 0 amide bonds. The number of nitrogens with two attached hydrogens (primary N) is 1. The van der Waals surface area contributed by atoms with Crippen LogP contribution >= 0.6 is 7.60 Å². The quantitative estimate of drug-likeness (QED) is 0.642. The smallest absolute Gasteiger partial charge is 0.412 e. The monoisotopic (exact) mass is 281 g/mol. The van der Waals surface area contributed by atoms with Crippen LogP contribution in [0.4, 0.5) is 0 Å². The maximum Gasteiger partial charge on any atom is 0.412 e. The first-order valence-corrected chi connectivity index (χ1v) is 6.89. The van der Waals surface area contributed by atoms with Crippen molar-refractivity contribution in [3.8, 4) is 11.6 Å². The molecule has 0 bridgehead atoms. The Hall–Kier alpha value is -1.79. The van der Waals surface area contributed by atoms with Crippen LogP contribution in [0.2, 0.25) is 0 Å². The largest absolute Gasteiger partial charge is 0.439 e. The molecule has 2 rings (SSSR count). The number of benzene rings is 1. The molecule has 2 aromatic rings. The van der Waals surface area contributed by atoms with Crippen molar-refractivity contribution in [2.24, 2.45) is 5.90 Å². The van der Waals surface area contributed by atoms with Gasteiger partial charge in [-0.3, -0.25) is 0 Å². The van der Waals surface area contributed by atoms with Gasteiger partial charge in [0.15, 0.2) is 0 Å². The summed E-state index contributed by atoms with van der Waals surface area (Å²) < 4.78 is 21.0. The van der Waals surface area contributed by atoms with E-state index in [0.717, 1.165) is 5.56 Å². The molecule has 8 heteroatoms. The Labute approximate surface area is 109 Å². The Morgan fingerprint density at radius 1 is 1.32 bits per heavy atom. The van der Waals surface area contributed by atoms with E-state index in [1.165, 1.54) is 12.3 Å². The number of ether oxygens (including phenoxy) is 1.